The monoisotopic (exact) mass is 315 g/mol. The molecule has 0 saturated heterocycles. The van der Waals surface area contributed by atoms with Crippen molar-refractivity contribution in [3.8, 4) is 0 Å². The normalized spacial score (nSPS) is 12.6. The van der Waals surface area contributed by atoms with Crippen LogP contribution in [0, 0.1) is 0 Å². The summed E-state index contributed by atoms with van der Waals surface area (Å²) >= 11 is 3.45. The third-order valence-electron chi connectivity index (χ3n) is 2.77. The van der Waals surface area contributed by atoms with Gasteiger partial charge in [0.2, 0.25) is 0 Å². The number of ether oxygens (including phenoxy) is 1. The lowest BCUT2D eigenvalue weighted by atomic mass is 10.0. The van der Waals surface area contributed by atoms with E-state index in [1.54, 1.807) is 0 Å². The average Bonchev–Trinajstić information content (AvgIpc) is 2.39. The van der Waals surface area contributed by atoms with Crippen LogP contribution in [0.3, 0.4) is 0 Å². The molecule has 0 aromatic heterocycles. The molecule has 0 aliphatic carbocycles. The Balaban J connectivity index is 2.27. The van der Waals surface area contributed by atoms with Crippen molar-refractivity contribution in [2.24, 2.45) is 0 Å². The Morgan fingerprint density at radius 1 is 1.28 bits per heavy atom. The zero-order chi connectivity index (χ0) is 13.2. The SMILES string of the molecule is CCC(NCCCOCCO)c1ccc(Br)cc1. The lowest BCUT2D eigenvalue weighted by Crippen LogP contribution is -2.23. The highest BCUT2D eigenvalue weighted by atomic mass is 79.9. The molecule has 1 rings (SSSR count). The molecule has 0 spiro atoms. The average molecular weight is 316 g/mol. The molecule has 0 bridgehead atoms. The topological polar surface area (TPSA) is 41.5 Å². The Kier molecular flexibility index (Phi) is 8.25. The van der Waals surface area contributed by atoms with Crippen LogP contribution in [-0.4, -0.2) is 31.5 Å². The van der Waals surface area contributed by atoms with E-state index in [1.807, 2.05) is 0 Å². The molecule has 0 amide bonds. The van der Waals surface area contributed by atoms with E-state index >= 15 is 0 Å². The fourth-order valence-corrected chi connectivity index (χ4v) is 2.07. The van der Waals surface area contributed by atoms with Gasteiger partial charge in [-0.05, 0) is 37.1 Å². The molecule has 1 atom stereocenters. The lowest BCUT2D eigenvalue weighted by molar-refractivity contribution is 0.0903. The largest absolute Gasteiger partial charge is 0.394 e. The van der Waals surface area contributed by atoms with Gasteiger partial charge in [-0.25, -0.2) is 0 Å². The molecule has 1 aromatic rings. The molecule has 0 radical (unpaired) electrons. The first-order chi connectivity index (χ1) is 8.77. The van der Waals surface area contributed by atoms with Crippen molar-refractivity contribution in [2.45, 2.75) is 25.8 Å². The van der Waals surface area contributed by atoms with Gasteiger partial charge in [-0.1, -0.05) is 35.0 Å². The van der Waals surface area contributed by atoms with E-state index in [1.165, 1.54) is 5.56 Å². The van der Waals surface area contributed by atoms with E-state index in [-0.39, 0.29) is 6.61 Å². The van der Waals surface area contributed by atoms with Gasteiger partial charge in [-0.3, -0.25) is 0 Å². The fraction of sp³-hybridized carbons (Fsp3) is 0.571. The van der Waals surface area contributed by atoms with Gasteiger partial charge in [0.15, 0.2) is 0 Å². The molecule has 0 saturated carbocycles. The number of aliphatic hydroxyl groups excluding tert-OH is 1. The highest BCUT2D eigenvalue weighted by Gasteiger charge is 2.07. The molecule has 3 nitrogen and oxygen atoms in total. The summed E-state index contributed by atoms with van der Waals surface area (Å²) in [6.45, 7) is 4.35. The second-order valence-corrected chi connectivity index (χ2v) is 5.07. The molecule has 1 aromatic carbocycles. The Hall–Kier alpha value is -0.420. The minimum absolute atomic E-state index is 0.101. The molecule has 1 unspecified atom stereocenters. The summed E-state index contributed by atoms with van der Waals surface area (Å²) in [4.78, 5) is 0. The van der Waals surface area contributed by atoms with E-state index in [0.717, 1.165) is 23.9 Å². The molecule has 0 aliphatic rings. The molecule has 0 fully saturated rings. The number of benzene rings is 1. The molecular weight excluding hydrogens is 294 g/mol. The minimum atomic E-state index is 0.101. The van der Waals surface area contributed by atoms with Gasteiger partial charge in [-0.2, -0.15) is 0 Å². The van der Waals surface area contributed by atoms with Crippen molar-refractivity contribution in [3.63, 3.8) is 0 Å². The zero-order valence-electron chi connectivity index (χ0n) is 10.9. The van der Waals surface area contributed by atoms with E-state index in [0.29, 0.717) is 19.3 Å². The number of nitrogens with one attached hydrogen (secondary N) is 1. The predicted octanol–water partition coefficient (Wildman–Crippen LogP) is 2.89. The van der Waals surface area contributed by atoms with Crippen LogP contribution in [0.1, 0.15) is 31.4 Å². The van der Waals surface area contributed by atoms with Gasteiger partial charge in [0, 0.05) is 17.1 Å². The maximum Gasteiger partial charge on any atom is 0.0697 e. The Labute approximate surface area is 118 Å². The number of rotatable bonds is 9. The van der Waals surface area contributed by atoms with E-state index < -0.39 is 0 Å². The van der Waals surface area contributed by atoms with Crippen LogP contribution in [0.25, 0.3) is 0 Å². The van der Waals surface area contributed by atoms with Crippen molar-refractivity contribution >= 4 is 15.9 Å². The maximum atomic E-state index is 8.58. The lowest BCUT2D eigenvalue weighted by Gasteiger charge is -2.17. The van der Waals surface area contributed by atoms with Crippen LogP contribution in [0.2, 0.25) is 0 Å². The van der Waals surface area contributed by atoms with Crippen LogP contribution in [0.4, 0.5) is 0 Å². The van der Waals surface area contributed by atoms with Crippen molar-refractivity contribution in [1.29, 1.82) is 0 Å². The first-order valence-corrected chi connectivity index (χ1v) is 7.24. The van der Waals surface area contributed by atoms with Crippen LogP contribution in [-0.2, 0) is 4.74 Å². The summed E-state index contributed by atoms with van der Waals surface area (Å²) in [5.74, 6) is 0. The standard InChI is InChI=1S/C14H22BrNO2/c1-2-14(12-4-6-13(15)7-5-12)16-8-3-10-18-11-9-17/h4-7,14,16-17H,2-3,8-11H2,1H3. The summed E-state index contributed by atoms with van der Waals surface area (Å²) in [5, 5.41) is 12.1. The molecule has 0 heterocycles. The summed E-state index contributed by atoms with van der Waals surface area (Å²) < 4.78 is 6.33. The van der Waals surface area contributed by atoms with Crippen LogP contribution in [0.15, 0.2) is 28.7 Å². The van der Waals surface area contributed by atoms with Crippen LogP contribution < -0.4 is 5.32 Å². The van der Waals surface area contributed by atoms with Crippen molar-refractivity contribution in [2.75, 3.05) is 26.4 Å². The molecule has 0 aliphatic heterocycles. The third-order valence-corrected chi connectivity index (χ3v) is 3.30. The van der Waals surface area contributed by atoms with Crippen molar-refractivity contribution < 1.29 is 9.84 Å². The predicted molar refractivity (Wildman–Crippen MR) is 77.7 cm³/mol. The van der Waals surface area contributed by atoms with E-state index in [2.05, 4.69) is 52.4 Å². The molecule has 4 heteroatoms. The van der Waals surface area contributed by atoms with E-state index in [9.17, 15) is 0 Å². The Morgan fingerprint density at radius 3 is 2.61 bits per heavy atom. The van der Waals surface area contributed by atoms with Crippen molar-refractivity contribution in [3.05, 3.63) is 34.3 Å². The van der Waals surface area contributed by atoms with Gasteiger partial charge < -0.3 is 15.2 Å². The minimum Gasteiger partial charge on any atom is -0.394 e. The summed E-state index contributed by atoms with van der Waals surface area (Å²) in [5.41, 5.74) is 1.32. The maximum absolute atomic E-state index is 8.58. The Bertz CT molecular complexity index is 316. The molecule has 2 N–H and O–H groups in total. The third kappa shape index (κ3) is 5.96. The number of hydrogen-bond acceptors (Lipinski definition) is 3. The smallest absolute Gasteiger partial charge is 0.0697 e. The van der Waals surface area contributed by atoms with Crippen LogP contribution in [0.5, 0.6) is 0 Å². The summed E-state index contributed by atoms with van der Waals surface area (Å²) in [6, 6.07) is 8.84. The van der Waals surface area contributed by atoms with Gasteiger partial charge >= 0.3 is 0 Å². The van der Waals surface area contributed by atoms with Crippen molar-refractivity contribution in [1.82, 2.24) is 5.32 Å². The van der Waals surface area contributed by atoms with Gasteiger partial charge in [0.1, 0.15) is 0 Å². The number of aliphatic hydroxyl groups is 1. The number of halogens is 1. The first kappa shape index (κ1) is 15.6. The quantitative estimate of drug-likeness (QED) is 0.688. The molecule has 18 heavy (non-hydrogen) atoms. The first-order valence-electron chi connectivity index (χ1n) is 6.45. The van der Waals surface area contributed by atoms with E-state index in [4.69, 9.17) is 9.84 Å². The molecule has 102 valence electrons. The fourth-order valence-electron chi connectivity index (χ4n) is 1.81. The summed E-state index contributed by atoms with van der Waals surface area (Å²) in [6.07, 6.45) is 2.03. The highest BCUT2D eigenvalue weighted by Crippen LogP contribution is 2.19. The second-order valence-electron chi connectivity index (χ2n) is 4.16. The van der Waals surface area contributed by atoms with Gasteiger partial charge in [-0.15, -0.1) is 0 Å². The highest BCUT2D eigenvalue weighted by molar-refractivity contribution is 9.10. The second kappa shape index (κ2) is 9.50. The number of hydrogen-bond donors (Lipinski definition) is 2. The molecular formula is C14H22BrNO2. The summed E-state index contributed by atoms with van der Waals surface area (Å²) in [7, 11) is 0. The zero-order valence-corrected chi connectivity index (χ0v) is 12.4. The van der Waals surface area contributed by atoms with Gasteiger partial charge in [0.05, 0.1) is 13.2 Å². The van der Waals surface area contributed by atoms with Crippen LogP contribution >= 0.6 is 15.9 Å². The Morgan fingerprint density at radius 2 is 2.00 bits per heavy atom. The van der Waals surface area contributed by atoms with Gasteiger partial charge in [0.25, 0.3) is 0 Å².